The van der Waals surface area contributed by atoms with Crippen LogP contribution in [0.25, 0.3) is 0 Å². The van der Waals surface area contributed by atoms with Gasteiger partial charge in [-0.3, -0.25) is 4.79 Å². The highest BCUT2D eigenvalue weighted by atomic mass is 16.2. The molecule has 0 spiro atoms. The van der Waals surface area contributed by atoms with E-state index in [0.29, 0.717) is 5.92 Å². The lowest BCUT2D eigenvalue weighted by molar-refractivity contribution is -0.129. The van der Waals surface area contributed by atoms with Gasteiger partial charge in [0.15, 0.2) is 0 Å². The van der Waals surface area contributed by atoms with Crippen molar-refractivity contribution in [1.82, 2.24) is 5.32 Å². The number of benzene rings is 1. The molecule has 1 saturated heterocycles. The second kappa shape index (κ2) is 5.57. The Hall–Kier alpha value is -1.35. The summed E-state index contributed by atoms with van der Waals surface area (Å²) >= 11 is 0. The molecule has 2 rings (SSSR count). The highest BCUT2D eigenvalue weighted by Crippen LogP contribution is 2.37. The number of aryl methyl sites for hydroxylation is 2. The highest BCUT2D eigenvalue weighted by Gasteiger charge is 2.45. The van der Waals surface area contributed by atoms with Crippen LogP contribution in [-0.4, -0.2) is 26.0 Å². The quantitative estimate of drug-likeness (QED) is 0.919. The molecule has 0 aliphatic carbocycles. The van der Waals surface area contributed by atoms with Gasteiger partial charge in [0.2, 0.25) is 5.91 Å². The molecule has 1 atom stereocenters. The third-order valence-corrected chi connectivity index (χ3v) is 4.62. The molecule has 1 aromatic rings. The van der Waals surface area contributed by atoms with Crippen molar-refractivity contribution < 1.29 is 4.79 Å². The van der Waals surface area contributed by atoms with Gasteiger partial charge in [0.05, 0.1) is 5.41 Å². The molecule has 0 aromatic heterocycles. The van der Waals surface area contributed by atoms with E-state index in [1.54, 1.807) is 0 Å². The maximum Gasteiger partial charge on any atom is 0.234 e. The SMILES string of the molecule is Cc1cc(C)cc(N(C)C(=O)C2(C(C)C)CCNC2)c1. The minimum Gasteiger partial charge on any atom is -0.316 e. The number of carbonyl (C=O) groups is 1. The fraction of sp³-hybridized carbons (Fsp3) is 0.588. The number of nitrogens with one attached hydrogen (secondary N) is 1. The molecule has 1 N–H and O–H groups in total. The van der Waals surface area contributed by atoms with Gasteiger partial charge in [-0.1, -0.05) is 19.9 Å². The molecular formula is C17H26N2O. The van der Waals surface area contributed by atoms with E-state index >= 15 is 0 Å². The number of hydrogen-bond donors (Lipinski definition) is 1. The smallest absolute Gasteiger partial charge is 0.234 e. The standard InChI is InChI=1S/C17H26N2O/c1-12(2)17(6-7-18-11-17)16(20)19(5)15-9-13(3)8-14(4)10-15/h8-10,12,18H,6-7,11H2,1-5H3. The lowest BCUT2D eigenvalue weighted by Gasteiger charge is -2.35. The number of carbonyl (C=O) groups excluding carboxylic acids is 1. The van der Waals surface area contributed by atoms with Crippen LogP contribution in [0.3, 0.4) is 0 Å². The molecule has 1 aliphatic rings. The molecule has 0 saturated carbocycles. The number of nitrogens with zero attached hydrogens (tertiary/aromatic N) is 1. The van der Waals surface area contributed by atoms with Gasteiger partial charge < -0.3 is 10.2 Å². The van der Waals surface area contributed by atoms with E-state index in [1.165, 1.54) is 11.1 Å². The zero-order valence-corrected chi connectivity index (χ0v) is 13.3. The predicted octanol–water partition coefficient (Wildman–Crippen LogP) is 2.90. The molecule has 3 nitrogen and oxygen atoms in total. The first kappa shape index (κ1) is 15.0. The minimum atomic E-state index is -0.258. The molecule has 110 valence electrons. The Morgan fingerprint density at radius 1 is 1.25 bits per heavy atom. The predicted molar refractivity (Wildman–Crippen MR) is 84.1 cm³/mol. The molecule has 20 heavy (non-hydrogen) atoms. The van der Waals surface area contributed by atoms with Crippen molar-refractivity contribution in [3.05, 3.63) is 29.3 Å². The van der Waals surface area contributed by atoms with E-state index in [9.17, 15) is 4.79 Å². The van der Waals surface area contributed by atoms with Gasteiger partial charge in [-0.25, -0.2) is 0 Å². The lowest BCUT2D eigenvalue weighted by Crippen LogP contribution is -2.47. The normalized spacial score (nSPS) is 22.3. The van der Waals surface area contributed by atoms with Crippen molar-refractivity contribution in [3.63, 3.8) is 0 Å². The molecule has 0 radical (unpaired) electrons. The van der Waals surface area contributed by atoms with Crippen LogP contribution in [0, 0.1) is 25.2 Å². The third-order valence-electron chi connectivity index (χ3n) is 4.62. The molecule has 3 heteroatoms. The van der Waals surface area contributed by atoms with Crippen molar-refractivity contribution in [1.29, 1.82) is 0 Å². The zero-order valence-electron chi connectivity index (χ0n) is 13.3. The van der Waals surface area contributed by atoms with E-state index in [4.69, 9.17) is 0 Å². The van der Waals surface area contributed by atoms with Gasteiger partial charge in [-0.15, -0.1) is 0 Å². The Labute approximate surface area is 122 Å². The monoisotopic (exact) mass is 274 g/mol. The molecule has 0 bridgehead atoms. The van der Waals surface area contributed by atoms with Gasteiger partial charge >= 0.3 is 0 Å². The number of rotatable bonds is 3. The van der Waals surface area contributed by atoms with Crippen molar-refractivity contribution in [2.24, 2.45) is 11.3 Å². The van der Waals surface area contributed by atoms with E-state index in [1.807, 2.05) is 11.9 Å². The highest BCUT2D eigenvalue weighted by molar-refractivity contribution is 5.98. The lowest BCUT2D eigenvalue weighted by atomic mass is 9.75. The summed E-state index contributed by atoms with van der Waals surface area (Å²) in [6.45, 7) is 10.2. The van der Waals surface area contributed by atoms with Crippen LogP contribution in [0.1, 0.15) is 31.4 Å². The Morgan fingerprint density at radius 2 is 1.85 bits per heavy atom. The fourth-order valence-electron chi connectivity index (χ4n) is 3.23. The first-order chi connectivity index (χ1) is 9.36. The average Bonchev–Trinajstić information content (AvgIpc) is 2.86. The maximum atomic E-state index is 13.0. The van der Waals surface area contributed by atoms with Crippen molar-refractivity contribution >= 4 is 11.6 Å². The summed E-state index contributed by atoms with van der Waals surface area (Å²) < 4.78 is 0. The Kier molecular flexibility index (Phi) is 4.19. The maximum absolute atomic E-state index is 13.0. The Balaban J connectivity index is 2.32. The molecule has 1 aliphatic heterocycles. The van der Waals surface area contributed by atoms with Crippen LogP contribution in [0.15, 0.2) is 18.2 Å². The van der Waals surface area contributed by atoms with Crippen LogP contribution in [0.4, 0.5) is 5.69 Å². The second-order valence-corrected chi connectivity index (χ2v) is 6.45. The van der Waals surface area contributed by atoms with Gasteiger partial charge in [0.1, 0.15) is 0 Å². The summed E-state index contributed by atoms with van der Waals surface area (Å²) in [5.74, 6) is 0.584. The molecule has 1 amide bonds. The summed E-state index contributed by atoms with van der Waals surface area (Å²) in [7, 11) is 1.90. The summed E-state index contributed by atoms with van der Waals surface area (Å²) in [6.07, 6.45) is 0.929. The number of hydrogen-bond acceptors (Lipinski definition) is 2. The minimum absolute atomic E-state index is 0.238. The molecule has 1 heterocycles. The van der Waals surface area contributed by atoms with E-state index < -0.39 is 0 Å². The summed E-state index contributed by atoms with van der Waals surface area (Å²) in [4.78, 5) is 14.9. The molecule has 1 aromatic carbocycles. The molecule has 1 fully saturated rings. The van der Waals surface area contributed by atoms with Crippen LogP contribution in [-0.2, 0) is 4.79 Å². The van der Waals surface area contributed by atoms with Crippen molar-refractivity contribution in [2.45, 2.75) is 34.1 Å². The number of anilines is 1. The number of amides is 1. The van der Waals surface area contributed by atoms with Crippen LogP contribution >= 0.6 is 0 Å². The van der Waals surface area contributed by atoms with Gasteiger partial charge in [0, 0.05) is 19.3 Å². The van der Waals surface area contributed by atoms with Crippen LogP contribution < -0.4 is 10.2 Å². The fourth-order valence-corrected chi connectivity index (χ4v) is 3.23. The summed E-state index contributed by atoms with van der Waals surface area (Å²) in [5, 5.41) is 3.36. The summed E-state index contributed by atoms with van der Waals surface area (Å²) in [5.41, 5.74) is 3.14. The second-order valence-electron chi connectivity index (χ2n) is 6.45. The zero-order chi connectivity index (χ0) is 14.9. The van der Waals surface area contributed by atoms with E-state index in [0.717, 1.165) is 25.2 Å². The third kappa shape index (κ3) is 2.59. The van der Waals surface area contributed by atoms with Gasteiger partial charge in [0.25, 0.3) is 0 Å². The summed E-state index contributed by atoms with van der Waals surface area (Å²) in [6, 6.07) is 6.31. The Bertz CT molecular complexity index is 481. The first-order valence-corrected chi connectivity index (χ1v) is 7.44. The van der Waals surface area contributed by atoms with E-state index in [2.05, 4.69) is 51.2 Å². The largest absolute Gasteiger partial charge is 0.316 e. The van der Waals surface area contributed by atoms with Gasteiger partial charge in [-0.2, -0.15) is 0 Å². The molecule has 1 unspecified atom stereocenters. The van der Waals surface area contributed by atoms with Crippen molar-refractivity contribution in [3.8, 4) is 0 Å². The van der Waals surface area contributed by atoms with Crippen LogP contribution in [0.5, 0.6) is 0 Å². The van der Waals surface area contributed by atoms with Crippen molar-refractivity contribution in [2.75, 3.05) is 25.0 Å². The van der Waals surface area contributed by atoms with Gasteiger partial charge in [-0.05, 0) is 56.0 Å². The first-order valence-electron chi connectivity index (χ1n) is 7.44. The van der Waals surface area contributed by atoms with Crippen LogP contribution in [0.2, 0.25) is 0 Å². The average molecular weight is 274 g/mol. The topological polar surface area (TPSA) is 32.3 Å². The van der Waals surface area contributed by atoms with E-state index in [-0.39, 0.29) is 11.3 Å². The molecular weight excluding hydrogens is 248 g/mol. The Morgan fingerprint density at radius 3 is 2.30 bits per heavy atom.